The fraction of sp³-hybridized carbons (Fsp3) is 0.579. The van der Waals surface area contributed by atoms with Gasteiger partial charge in [-0.15, -0.1) is 0 Å². The Hall–Kier alpha value is -2.38. The molecule has 1 unspecified atom stereocenters. The van der Waals surface area contributed by atoms with Crippen molar-refractivity contribution in [1.82, 2.24) is 10.2 Å². The second-order valence-corrected chi connectivity index (χ2v) is 6.29. The van der Waals surface area contributed by atoms with Gasteiger partial charge >= 0.3 is 5.97 Å². The number of halogens is 2. The van der Waals surface area contributed by atoms with Crippen molar-refractivity contribution in [3.05, 3.63) is 29.8 Å². The van der Waals surface area contributed by atoms with Crippen LogP contribution in [0.5, 0.6) is 5.75 Å². The molecule has 1 atom stereocenters. The molecule has 1 aliphatic rings. The summed E-state index contributed by atoms with van der Waals surface area (Å²) in [6.07, 6.45) is -0.797. The molecule has 1 aromatic carbocycles. The second-order valence-electron chi connectivity index (χ2n) is 6.29. The summed E-state index contributed by atoms with van der Waals surface area (Å²) in [7, 11) is 1.69. The zero-order chi connectivity index (χ0) is 19.6. The number of alkyl halides is 2. The number of rotatable bonds is 7. The van der Waals surface area contributed by atoms with Gasteiger partial charge in [0.15, 0.2) is 5.96 Å². The van der Waals surface area contributed by atoms with Crippen molar-refractivity contribution in [2.24, 2.45) is 10.9 Å². The molecule has 2 rings (SSSR count). The first-order valence-electron chi connectivity index (χ1n) is 9.15. The average molecular weight is 383 g/mol. The van der Waals surface area contributed by atoms with Crippen LogP contribution in [0.3, 0.4) is 0 Å². The Balaban J connectivity index is 1.91. The molecule has 0 radical (unpaired) electrons. The molecule has 0 amide bonds. The smallest absolute Gasteiger partial charge is 0.310 e. The Morgan fingerprint density at radius 3 is 2.96 bits per heavy atom. The van der Waals surface area contributed by atoms with Crippen LogP contribution in [0.4, 0.5) is 8.78 Å². The molecule has 0 bridgehead atoms. The third-order valence-corrected chi connectivity index (χ3v) is 4.28. The molecule has 8 heteroatoms. The number of ether oxygens (including phenoxy) is 2. The molecule has 0 aliphatic carbocycles. The highest BCUT2D eigenvalue weighted by atomic mass is 19.3. The Morgan fingerprint density at radius 1 is 1.44 bits per heavy atom. The number of hydrogen-bond acceptors (Lipinski definition) is 4. The standard InChI is InChI=1S/C19H27F2N3O3/c1-3-26-18(25)15-7-5-9-24(12-15)19(22-2)23-11-14-6-4-8-16(10-14)27-13-17(20)21/h4,6,8,10,15,17H,3,5,7,9,11-13H2,1-2H3,(H,22,23). The second kappa shape index (κ2) is 10.7. The molecular formula is C19H27F2N3O3. The molecule has 0 aromatic heterocycles. The summed E-state index contributed by atoms with van der Waals surface area (Å²) in [4.78, 5) is 18.3. The maximum Gasteiger partial charge on any atom is 0.310 e. The van der Waals surface area contributed by atoms with E-state index in [-0.39, 0.29) is 11.9 Å². The molecule has 1 saturated heterocycles. The maximum absolute atomic E-state index is 12.3. The molecule has 1 aromatic rings. The first-order chi connectivity index (χ1) is 13.0. The number of nitrogens with one attached hydrogen (secondary N) is 1. The van der Waals surface area contributed by atoms with Gasteiger partial charge in [0.25, 0.3) is 6.43 Å². The summed E-state index contributed by atoms with van der Waals surface area (Å²) < 4.78 is 34.7. The van der Waals surface area contributed by atoms with Gasteiger partial charge in [-0.2, -0.15) is 0 Å². The van der Waals surface area contributed by atoms with Gasteiger partial charge < -0.3 is 19.7 Å². The molecule has 0 spiro atoms. The summed E-state index contributed by atoms with van der Waals surface area (Å²) in [6.45, 7) is 3.41. The predicted molar refractivity (Wildman–Crippen MR) is 99.1 cm³/mol. The van der Waals surface area contributed by atoms with E-state index in [1.807, 2.05) is 11.0 Å². The normalized spacial score (nSPS) is 17.7. The topological polar surface area (TPSA) is 63.2 Å². The zero-order valence-electron chi connectivity index (χ0n) is 15.8. The highest BCUT2D eigenvalue weighted by molar-refractivity contribution is 5.81. The molecule has 1 N–H and O–H groups in total. The van der Waals surface area contributed by atoms with Gasteiger partial charge in [-0.1, -0.05) is 12.1 Å². The largest absolute Gasteiger partial charge is 0.488 e. The van der Waals surface area contributed by atoms with E-state index in [2.05, 4.69) is 10.3 Å². The van der Waals surface area contributed by atoms with Crippen LogP contribution in [0.2, 0.25) is 0 Å². The van der Waals surface area contributed by atoms with E-state index in [9.17, 15) is 13.6 Å². The lowest BCUT2D eigenvalue weighted by Crippen LogP contribution is -2.48. The van der Waals surface area contributed by atoms with Crippen molar-refractivity contribution in [3.63, 3.8) is 0 Å². The quantitative estimate of drug-likeness (QED) is 0.446. The molecule has 1 aliphatic heterocycles. The third kappa shape index (κ3) is 6.69. The number of carbonyl (C=O) groups is 1. The van der Waals surface area contributed by atoms with E-state index in [1.54, 1.807) is 32.2 Å². The average Bonchev–Trinajstić information content (AvgIpc) is 2.67. The van der Waals surface area contributed by atoms with Crippen LogP contribution in [0.25, 0.3) is 0 Å². The van der Waals surface area contributed by atoms with Crippen molar-refractivity contribution < 1.29 is 23.0 Å². The molecule has 6 nitrogen and oxygen atoms in total. The fourth-order valence-corrected chi connectivity index (χ4v) is 3.04. The number of piperidine rings is 1. The Labute approximate surface area is 158 Å². The summed E-state index contributed by atoms with van der Waals surface area (Å²) >= 11 is 0. The first-order valence-corrected chi connectivity index (χ1v) is 9.15. The number of esters is 1. The van der Waals surface area contributed by atoms with Gasteiger partial charge in [0.05, 0.1) is 12.5 Å². The van der Waals surface area contributed by atoms with Crippen molar-refractivity contribution >= 4 is 11.9 Å². The van der Waals surface area contributed by atoms with Crippen LogP contribution < -0.4 is 10.1 Å². The Bertz CT molecular complexity index is 640. The monoisotopic (exact) mass is 383 g/mol. The van der Waals surface area contributed by atoms with Gasteiger partial charge in [-0.3, -0.25) is 9.79 Å². The van der Waals surface area contributed by atoms with Gasteiger partial charge in [0.2, 0.25) is 0 Å². The van der Waals surface area contributed by atoms with Crippen LogP contribution in [-0.4, -0.2) is 56.6 Å². The van der Waals surface area contributed by atoms with E-state index >= 15 is 0 Å². The van der Waals surface area contributed by atoms with Gasteiger partial charge in [-0.05, 0) is 37.5 Å². The highest BCUT2D eigenvalue weighted by Crippen LogP contribution is 2.18. The summed E-state index contributed by atoms with van der Waals surface area (Å²) in [6, 6.07) is 7.01. The molecule has 150 valence electrons. The van der Waals surface area contributed by atoms with Gasteiger partial charge in [0.1, 0.15) is 12.4 Å². The number of nitrogens with zero attached hydrogens (tertiary/aromatic N) is 2. The van der Waals surface area contributed by atoms with E-state index < -0.39 is 13.0 Å². The van der Waals surface area contributed by atoms with Crippen LogP contribution in [0, 0.1) is 5.92 Å². The predicted octanol–water partition coefficient (Wildman–Crippen LogP) is 2.68. The molecule has 0 saturated carbocycles. The molecular weight excluding hydrogens is 356 g/mol. The molecule has 27 heavy (non-hydrogen) atoms. The highest BCUT2D eigenvalue weighted by Gasteiger charge is 2.28. The van der Waals surface area contributed by atoms with Crippen molar-refractivity contribution in [1.29, 1.82) is 0 Å². The van der Waals surface area contributed by atoms with Crippen LogP contribution in [0.1, 0.15) is 25.3 Å². The Kier molecular flexibility index (Phi) is 8.29. The third-order valence-electron chi connectivity index (χ3n) is 4.28. The van der Waals surface area contributed by atoms with E-state index in [1.165, 1.54) is 0 Å². The van der Waals surface area contributed by atoms with Crippen LogP contribution >= 0.6 is 0 Å². The number of carbonyl (C=O) groups excluding carboxylic acids is 1. The van der Waals surface area contributed by atoms with Gasteiger partial charge in [0, 0.05) is 26.7 Å². The summed E-state index contributed by atoms with van der Waals surface area (Å²) in [5.74, 6) is 0.790. The number of aliphatic imine (C=N–C) groups is 1. The minimum Gasteiger partial charge on any atom is -0.488 e. The minimum absolute atomic E-state index is 0.150. The molecule has 1 fully saturated rings. The summed E-state index contributed by atoms with van der Waals surface area (Å²) in [5, 5.41) is 3.26. The Morgan fingerprint density at radius 2 is 2.26 bits per heavy atom. The van der Waals surface area contributed by atoms with Crippen molar-refractivity contribution in [2.45, 2.75) is 32.7 Å². The van der Waals surface area contributed by atoms with E-state index in [0.717, 1.165) is 24.9 Å². The number of benzene rings is 1. The SMILES string of the molecule is CCOC(=O)C1CCCN(C(=NC)NCc2cccc(OCC(F)F)c2)C1. The minimum atomic E-state index is -2.50. The maximum atomic E-state index is 12.3. The number of guanidine groups is 1. The number of likely N-dealkylation sites (tertiary alicyclic amines) is 1. The lowest BCUT2D eigenvalue weighted by atomic mass is 9.98. The lowest BCUT2D eigenvalue weighted by Gasteiger charge is -2.34. The van der Waals surface area contributed by atoms with Crippen LogP contribution in [-0.2, 0) is 16.1 Å². The van der Waals surface area contributed by atoms with Crippen LogP contribution in [0.15, 0.2) is 29.3 Å². The van der Waals surface area contributed by atoms with Crippen molar-refractivity contribution in [3.8, 4) is 5.75 Å². The number of hydrogen-bond donors (Lipinski definition) is 1. The van der Waals surface area contributed by atoms with Gasteiger partial charge in [-0.25, -0.2) is 8.78 Å². The zero-order valence-corrected chi connectivity index (χ0v) is 15.8. The van der Waals surface area contributed by atoms with E-state index in [4.69, 9.17) is 9.47 Å². The first kappa shape index (κ1) is 20.9. The van der Waals surface area contributed by atoms with E-state index in [0.29, 0.717) is 31.4 Å². The fourth-order valence-electron chi connectivity index (χ4n) is 3.04. The summed E-state index contributed by atoms with van der Waals surface area (Å²) in [5.41, 5.74) is 0.891. The van der Waals surface area contributed by atoms with Crippen molar-refractivity contribution in [2.75, 3.05) is 33.4 Å². The molecule has 1 heterocycles. The lowest BCUT2D eigenvalue weighted by molar-refractivity contribution is -0.149.